The van der Waals surface area contributed by atoms with E-state index in [1.165, 1.54) is 49.2 Å². The highest BCUT2D eigenvalue weighted by atomic mass is 32.2. The fraction of sp³-hybridized carbons (Fsp3) is 0.538. The maximum Gasteiger partial charge on any atom is 0.216 e. The summed E-state index contributed by atoms with van der Waals surface area (Å²) in [5.74, 6) is 0. The molecule has 176 valence electrons. The first-order chi connectivity index (χ1) is 15.3. The number of hydrogen-bond donors (Lipinski definition) is 2. The number of sulfonamides is 1. The van der Waals surface area contributed by atoms with Gasteiger partial charge < -0.3 is 10.2 Å². The summed E-state index contributed by atoms with van der Waals surface area (Å²) >= 11 is 0. The van der Waals surface area contributed by atoms with Crippen molar-refractivity contribution in [3.63, 3.8) is 0 Å². The summed E-state index contributed by atoms with van der Waals surface area (Å²) < 4.78 is 26.0. The third-order valence-corrected chi connectivity index (χ3v) is 8.28. The van der Waals surface area contributed by atoms with Crippen LogP contribution in [0.25, 0.3) is 11.1 Å². The van der Waals surface area contributed by atoms with Crippen LogP contribution in [0.4, 0.5) is 11.4 Å². The van der Waals surface area contributed by atoms with Crippen LogP contribution in [0, 0.1) is 0 Å². The highest BCUT2D eigenvalue weighted by molar-refractivity contribution is 7.90. The topological polar surface area (TPSA) is 61.4 Å². The van der Waals surface area contributed by atoms with Gasteiger partial charge in [-0.2, -0.15) is 0 Å². The van der Waals surface area contributed by atoms with E-state index in [4.69, 9.17) is 0 Å². The predicted molar refractivity (Wildman–Crippen MR) is 137 cm³/mol. The molecular weight excluding hydrogens is 418 g/mol. The Hall–Kier alpha value is -2.05. The zero-order valence-electron chi connectivity index (χ0n) is 19.9. The molecular formula is C26H39N3O2S. The molecule has 0 amide bonds. The molecule has 2 aromatic rings. The van der Waals surface area contributed by atoms with Gasteiger partial charge in [-0.25, -0.2) is 13.1 Å². The molecule has 6 heteroatoms. The summed E-state index contributed by atoms with van der Waals surface area (Å²) in [6.45, 7) is 8.89. The van der Waals surface area contributed by atoms with E-state index in [-0.39, 0.29) is 0 Å². The van der Waals surface area contributed by atoms with Crippen LogP contribution in [0.1, 0.15) is 59.3 Å². The summed E-state index contributed by atoms with van der Waals surface area (Å²) in [5, 5.41) is 3.46. The number of nitrogens with one attached hydrogen (secondary N) is 2. The Labute approximate surface area is 194 Å². The average Bonchev–Trinajstić information content (AvgIpc) is 2.79. The van der Waals surface area contributed by atoms with E-state index >= 15 is 0 Å². The lowest BCUT2D eigenvalue weighted by Crippen LogP contribution is -2.39. The van der Waals surface area contributed by atoms with Gasteiger partial charge >= 0.3 is 0 Å². The summed E-state index contributed by atoms with van der Waals surface area (Å²) in [6.07, 6.45) is 6.80. The van der Waals surface area contributed by atoms with Gasteiger partial charge in [0.1, 0.15) is 0 Å². The van der Waals surface area contributed by atoms with E-state index in [9.17, 15) is 8.42 Å². The summed E-state index contributed by atoms with van der Waals surface area (Å²) in [6, 6.07) is 17.5. The maximum atomic E-state index is 12.0. The van der Waals surface area contributed by atoms with Gasteiger partial charge in [0.05, 0.1) is 4.75 Å². The molecule has 0 spiro atoms. The first-order valence-corrected chi connectivity index (χ1v) is 13.4. The van der Waals surface area contributed by atoms with Crippen LogP contribution in [0.2, 0.25) is 0 Å². The van der Waals surface area contributed by atoms with Crippen molar-refractivity contribution in [1.82, 2.24) is 4.72 Å². The normalized spacial score (nSPS) is 15.0. The first-order valence-electron chi connectivity index (χ1n) is 11.9. The van der Waals surface area contributed by atoms with E-state index in [1.807, 2.05) is 0 Å². The molecule has 0 bridgehead atoms. The molecule has 32 heavy (non-hydrogen) atoms. The number of piperidine rings is 1. The summed E-state index contributed by atoms with van der Waals surface area (Å²) in [5.41, 5.74) is 4.92. The van der Waals surface area contributed by atoms with E-state index < -0.39 is 14.8 Å². The smallest absolute Gasteiger partial charge is 0.216 e. The van der Waals surface area contributed by atoms with Gasteiger partial charge in [-0.3, -0.25) is 0 Å². The Bertz CT molecular complexity index is 927. The van der Waals surface area contributed by atoms with Crippen LogP contribution < -0.4 is 14.9 Å². The molecule has 1 fully saturated rings. The molecule has 1 aliphatic rings. The summed E-state index contributed by atoms with van der Waals surface area (Å²) in [4.78, 5) is 2.49. The number of nitrogens with zero attached hydrogens (tertiary/aromatic N) is 1. The van der Waals surface area contributed by atoms with Gasteiger partial charge in [0.15, 0.2) is 0 Å². The number of anilines is 2. The number of hydrogen-bond acceptors (Lipinski definition) is 4. The zero-order chi connectivity index (χ0) is 23.0. The van der Waals surface area contributed by atoms with Gasteiger partial charge in [0.2, 0.25) is 10.0 Å². The maximum absolute atomic E-state index is 12.0. The molecule has 0 aromatic heterocycles. The average molecular weight is 458 g/mol. The molecule has 2 aromatic carbocycles. The molecule has 0 atom stereocenters. The largest absolute Gasteiger partial charge is 0.385 e. The predicted octanol–water partition coefficient (Wildman–Crippen LogP) is 5.64. The highest BCUT2D eigenvalue weighted by Gasteiger charge is 2.27. The fourth-order valence-electron chi connectivity index (χ4n) is 3.88. The third kappa shape index (κ3) is 6.97. The Morgan fingerprint density at radius 2 is 1.34 bits per heavy atom. The standard InChI is InChI=1S/C26H39N3O2S/c1-26(2,3)32(30,31)28-19-7-4-6-18-27-24-14-10-22(11-15-24)23-12-16-25(17-13-23)29-20-8-5-9-21-29/h10-17,27-28H,4-9,18-21H2,1-3H3. The van der Waals surface area contributed by atoms with Crippen molar-refractivity contribution in [2.45, 2.75) is 64.0 Å². The Morgan fingerprint density at radius 1 is 0.781 bits per heavy atom. The van der Waals surface area contributed by atoms with Crippen molar-refractivity contribution in [3.8, 4) is 11.1 Å². The van der Waals surface area contributed by atoms with Gasteiger partial charge in [0.25, 0.3) is 0 Å². The van der Waals surface area contributed by atoms with Crippen molar-refractivity contribution in [3.05, 3.63) is 48.5 Å². The second-order valence-corrected chi connectivity index (χ2v) is 12.2. The number of rotatable bonds is 10. The molecule has 1 saturated heterocycles. The van der Waals surface area contributed by atoms with Crippen molar-refractivity contribution in [2.75, 3.05) is 36.4 Å². The lowest BCUT2D eigenvalue weighted by molar-refractivity contribution is 0.540. The van der Waals surface area contributed by atoms with Gasteiger partial charge in [-0.1, -0.05) is 30.7 Å². The van der Waals surface area contributed by atoms with Gasteiger partial charge in [-0.15, -0.1) is 0 Å². The van der Waals surface area contributed by atoms with Crippen molar-refractivity contribution < 1.29 is 8.42 Å². The minimum Gasteiger partial charge on any atom is -0.385 e. The highest BCUT2D eigenvalue weighted by Crippen LogP contribution is 2.26. The van der Waals surface area contributed by atoms with Crippen LogP contribution in [-0.4, -0.2) is 39.3 Å². The van der Waals surface area contributed by atoms with Crippen LogP contribution in [0.15, 0.2) is 48.5 Å². The van der Waals surface area contributed by atoms with E-state index in [0.29, 0.717) is 6.54 Å². The SMILES string of the molecule is CC(C)(C)S(=O)(=O)NCCCCCNc1ccc(-c2ccc(N3CCCCC3)cc2)cc1. The Balaban J connectivity index is 1.38. The van der Waals surface area contributed by atoms with Gasteiger partial charge in [-0.05, 0) is 88.3 Å². The number of unbranched alkanes of at least 4 members (excludes halogenated alkanes) is 2. The van der Waals surface area contributed by atoms with Crippen molar-refractivity contribution >= 4 is 21.4 Å². The third-order valence-electron chi connectivity index (χ3n) is 6.09. The molecule has 3 rings (SSSR count). The quantitative estimate of drug-likeness (QED) is 0.453. The lowest BCUT2D eigenvalue weighted by Gasteiger charge is -2.28. The molecule has 0 aliphatic carbocycles. The summed E-state index contributed by atoms with van der Waals surface area (Å²) in [7, 11) is -3.24. The molecule has 1 heterocycles. The molecule has 2 N–H and O–H groups in total. The van der Waals surface area contributed by atoms with Crippen LogP contribution in [0.5, 0.6) is 0 Å². The molecule has 1 aliphatic heterocycles. The van der Waals surface area contributed by atoms with Crippen LogP contribution in [0.3, 0.4) is 0 Å². The Morgan fingerprint density at radius 3 is 1.94 bits per heavy atom. The second-order valence-electron chi connectivity index (χ2n) is 9.67. The first kappa shape index (κ1) is 24.6. The zero-order valence-corrected chi connectivity index (χ0v) is 20.7. The molecule has 0 radical (unpaired) electrons. The molecule has 5 nitrogen and oxygen atoms in total. The number of benzene rings is 2. The second kappa shape index (κ2) is 11.2. The monoisotopic (exact) mass is 457 g/mol. The Kier molecular flexibility index (Phi) is 8.60. The van der Waals surface area contributed by atoms with Crippen molar-refractivity contribution in [2.24, 2.45) is 0 Å². The minimum absolute atomic E-state index is 0.505. The van der Waals surface area contributed by atoms with Crippen LogP contribution >= 0.6 is 0 Å². The van der Waals surface area contributed by atoms with E-state index in [0.717, 1.165) is 31.5 Å². The lowest BCUT2D eigenvalue weighted by atomic mass is 10.0. The minimum atomic E-state index is -3.24. The van der Waals surface area contributed by atoms with Crippen molar-refractivity contribution in [1.29, 1.82) is 0 Å². The van der Waals surface area contributed by atoms with E-state index in [2.05, 4.69) is 63.5 Å². The van der Waals surface area contributed by atoms with Gasteiger partial charge in [0, 0.05) is 37.6 Å². The molecule has 0 unspecified atom stereocenters. The van der Waals surface area contributed by atoms with E-state index in [1.54, 1.807) is 20.8 Å². The molecule has 0 saturated carbocycles. The fourth-order valence-corrected chi connectivity index (χ4v) is 4.73. The van der Waals surface area contributed by atoms with Crippen LogP contribution in [-0.2, 0) is 10.0 Å².